The topological polar surface area (TPSA) is 122 Å². The molecular formula is C17H22N2O6. The second-order valence-corrected chi connectivity index (χ2v) is 5.51. The molecule has 0 fully saturated rings. The van der Waals surface area contributed by atoms with Crippen LogP contribution in [-0.4, -0.2) is 41.5 Å². The molecular weight excluding hydrogens is 328 g/mol. The first-order chi connectivity index (χ1) is 11.7. The number of hydrogen-bond acceptors (Lipinski definition) is 5. The highest BCUT2D eigenvalue weighted by molar-refractivity contribution is 5.97. The van der Waals surface area contributed by atoms with Gasteiger partial charge in [-0.1, -0.05) is 6.92 Å². The van der Waals surface area contributed by atoms with E-state index in [-0.39, 0.29) is 24.5 Å². The van der Waals surface area contributed by atoms with Gasteiger partial charge in [-0.05, 0) is 37.6 Å². The lowest BCUT2D eigenvalue weighted by Gasteiger charge is -2.18. The Morgan fingerprint density at radius 2 is 1.76 bits per heavy atom. The van der Waals surface area contributed by atoms with Crippen molar-refractivity contribution in [1.29, 1.82) is 0 Å². The summed E-state index contributed by atoms with van der Waals surface area (Å²) in [6.45, 7) is 4.77. The summed E-state index contributed by atoms with van der Waals surface area (Å²) in [4.78, 5) is 46.1. The SMILES string of the molecule is CCOC(=O)[C@@H](C)C[C@@H](NC(=O)c1ccc(NC(C)=O)cc1)C(=O)O. The zero-order valence-electron chi connectivity index (χ0n) is 14.4. The van der Waals surface area contributed by atoms with Crippen molar-refractivity contribution in [3.05, 3.63) is 29.8 Å². The number of carboxylic acid groups (broad SMARTS) is 1. The predicted octanol–water partition coefficient (Wildman–Crippen LogP) is 1.42. The van der Waals surface area contributed by atoms with E-state index < -0.39 is 29.8 Å². The lowest BCUT2D eigenvalue weighted by atomic mass is 10.0. The van der Waals surface area contributed by atoms with Crippen molar-refractivity contribution in [2.24, 2.45) is 5.92 Å². The molecule has 0 saturated carbocycles. The summed E-state index contributed by atoms with van der Waals surface area (Å²) < 4.78 is 4.84. The Kier molecular flexibility index (Phi) is 7.58. The molecule has 3 N–H and O–H groups in total. The maximum atomic E-state index is 12.2. The molecule has 0 radical (unpaired) electrons. The zero-order valence-corrected chi connectivity index (χ0v) is 14.4. The van der Waals surface area contributed by atoms with E-state index in [1.54, 1.807) is 13.8 Å². The first-order valence-corrected chi connectivity index (χ1v) is 7.82. The summed E-state index contributed by atoms with van der Waals surface area (Å²) in [7, 11) is 0. The lowest BCUT2D eigenvalue weighted by molar-refractivity contribution is -0.148. The third-order valence-electron chi connectivity index (χ3n) is 3.35. The molecule has 2 atom stereocenters. The quantitative estimate of drug-likeness (QED) is 0.610. The third kappa shape index (κ3) is 6.62. The highest BCUT2D eigenvalue weighted by atomic mass is 16.5. The van der Waals surface area contributed by atoms with E-state index in [0.29, 0.717) is 5.69 Å². The third-order valence-corrected chi connectivity index (χ3v) is 3.35. The number of hydrogen-bond donors (Lipinski definition) is 3. The number of benzene rings is 1. The molecule has 25 heavy (non-hydrogen) atoms. The van der Waals surface area contributed by atoms with Gasteiger partial charge in [-0.3, -0.25) is 14.4 Å². The average molecular weight is 350 g/mol. The fourth-order valence-electron chi connectivity index (χ4n) is 2.11. The Hall–Kier alpha value is -2.90. The molecule has 1 aromatic rings. The molecule has 0 heterocycles. The maximum Gasteiger partial charge on any atom is 0.326 e. The van der Waals surface area contributed by atoms with E-state index in [2.05, 4.69) is 10.6 Å². The van der Waals surface area contributed by atoms with Crippen LogP contribution >= 0.6 is 0 Å². The zero-order chi connectivity index (χ0) is 19.0. The number of esters is 1. The van der Waals surface area contributed by atoms with Gasteiger partial charge in [0.25, 0.3) is 5.91 Å². The number of aliphatic carboxylic acids is 1. The summed E-state index contributed by atoms with van der Waals surface area (Å²) in [5.41, 5.74) is 0.763. The standard InChI is InChI=1S/C17H22N2O6/c1-4-25-17(24)10(2)9-14(16(22)23)19-15(21)12-5-7-13(8-6-12)18-11(3)20/h5-8,10,14H,4,9H2,1-3H3,(H,18,20)(H,19,21)(H,22,23)/t10-,14+/m0/s1. The Labute approximate surface area is 145 Å². The molecule has 0 spiro atoms. The second kappa shape index (κ2) is 9.41. The van der Waals surface area contributed by atoms with Gasteiger partial charge in [0.05, 0.1) is 12.5 Å². The van der Waals surface area contributed by atoms with Crippen molar-refractivity contribution in [1.82, 2.24) is 5.32 Å². The van der Waals surface area contributed by atoms with Crippen molar-refractivity contribution >= 4 is 29.4 Å². The van der Waals surface area contributed by atoms with Gasteiger partial charge in [0.15, 0.2) is 0 Å². The van der Waals surface area contributed by atoms with Crippen molar-refractivity contribution in [2.75, 3.05) is 11.9 Å². The second-order valence-electron chi connectivity index (χ2n) is 5.51. The highest BCUT2D eigenvalue weighted by Crippen LogP contribution is 2.12. The summed E-state index contributed by atoms with van der Waals surface area (Å²) in [6.07, 6.45) is -0.0795. The molecule has 0 unspecified atom stereocenters. The molecule has 1 aromatic carbocycles. The number of amides is 2. The molecule has 136 valence electrons. The first-order valence-electron chi connectivity index (χ1n) is 7.82. The minimum Gasteiger partial charge on any atom is -0.480 e. The lowest BCUT2D eigenvalue weighted by Crippen LogP contribution is -2.42. The van der Waals surface area contributed by atoms with Crippen LogP contribution < -0.4 is 10.6 Å². The van der Waals surface area contributed by atoms with Crippen molar-refractivity contribution in [3.63, 3.8) is 0 Å². The molecule has 0 bridgehead atoms. The Morgan fingerprint density at radius 1 is 1.16 bits per heavy atom. The monoisotopic (exact) mass is 350 g/mol. The molecule has 1 rings (SSSR count). The van der Waals surface area contributed by atoms with E-state index in [1.807, 2.05) is 0 Å². The predicted molar refractivity (Wildman–Crippen MR) is 90.0 cm³/mol. The van der Waals surface area contributed by atoms with Crippen LogP contribution in [0.15, 0.2) is 24.3 Å². The van der Waals surface area contributed by atoms with Gasteiger partial charge in [-0.25, -0.2) is 4.79 Å². The summed E-state index contributed by atoms with van der Waals surface area (Å²) in [5, 5.41) is 14.2. The van der Waals surface area contributed by atoms with Crippen LogP contribution in [0.1, 0.15) is 37.6 Å². The molecule has 0 aliphatic rings. The molecule has 0 aliphatic heterocycles. The first kappa shape index (κ1) is 20.1. The van der Waals surface area contributed by atoms with Gasteiger partial charge < -0.3 is 20.5 Å². The van der Waals surface area contributed by atoms with E-state index >= 15 is 0 Å². The normalized spacial score (nSPS) is 12.6. The van der Waals surface area contributed by atoms with Gasteiger partial charge >= 0.3 is 11.9 Å². The van der Waals surface area contributed by atoms with Gasteiger partial charge in [0.2, 0.25) is 5.91 Å². The number of carbonyl (C=O) groups is 4. The molecule has 0 aliphatic carbocycles. The van der Waals surface area contributed by atoms with Gasteiger partial charge in [-0.15, -0.1) is 0 Å². The van der Waals surface area contributed by atoms with Crippen molar-refractivity contribution < 1.29 is 29.0 Å². The van der Waals surface area contributed by atoms with E-state index in [1.165, 1.54) is 31.2 Å². The summed E-state index contributed by atoms with van der Waals surface area (Å²) in [5.74, 6) is -3.24. The summed E-state index contributed by atoms with van der Waals surface area (Å²) in [6, 6.07) is 4.78. The number of anilines is 1. The fourth-order valence-corrected chi connectivity index (χ4v) is 2.11. The van der Waals surface area contributed by atoms with Crippen molar-refractivity contribution in [3.8, 4) is 0 Å². The van der Waals surface area contributed by atoms with Gasteiger partial charge in [-0.2, -0.15) is 0 Å². The number of carboxylic acids is 1. The van der Waals surface area contributed by atoms with E-state index in [0.717, 1.165) is 0 Å². The maximum absolute atomic E-state index is 12.2. The largest absolute Gasteiger partial charge is 0.480 e. The number of ether oxygens (including phenoxy) is 1. The molecule has 0 saturated heterocycles. The van der Waals surface area contributed by atoms with Crippen LogP contribution in [0.4, 0.5) is 5.69 Å². The average Bonchev–Trinajstić information content (AvgIpc) is 2.54. The molecule has 2 amide bonds. The number of nitrogens with one attached hydrogen (secondary N) is 2. The molecule has 0 aromatic heterocycles. The minimum atomic E-state index is -1.24. The smallest absolute Gasteiger partial charge is 0.326 e. The van der Waals surface area contributed by atoms with Crippen LogP contribution in [0.3, 0.4) is 0 Å². The number of carbonyl (C=O) groups excluding carboxylic acids is 3. The van der Waals surface area contributed by atoms with Crippen LogP contribution in [-0.2, 0) is 19.1 Å². The fraction of sp³-hybridized carbons (Fsp3) is 0.412. The van der Waals surface area contributed by atoms with E-state index in [4.69, 9.17) is 4.74 Å². The van der Waals surface area contributed by atoms with Crippen LogP contribution in [0.5, 0.6) is 0 Å². The Bertz CT molecular complexity index is 641. The van der Waals surface area contributed by atoms with Gasteiger partial charge in [0, 0.05) is 18.2 Å². The molecule has 8 heteroatoms. The Morgan fingerprint density at radius 3 is 2.24 bits per heavy atom. The minimum absolute atomic E-state index is 0.0795. The van der Waals surface area contributed by atoms with Gasteiger partial charge in [0.1, 0.15) is 6.04 Å². The summed E-state index contributed by atoms with van der Waals surface area (Å²) >= 11 is 0. The van der Waals surface area contributed by atoms with Crippen LogP contribution in [0.25, 0.3) is 0 Å². The van der Waals surface area contributed by atoms with Crippen molar-refractivity contribution in [2.45, 2.75) is 33.2 Å². The molecule has 8 nitrogen and oxygen atoms in total. The Balaban J connectivity index is 2.74. The highest BCUT2D eigenvalue weighted by Gasteiger charge is 2.26. The van der Waals surface area contributed by atoms with Crippen LogP contribution in [0, 0.1) is 5.92 Å². The van der Waals surface area contributed by atoms with E-state index in [9.17, 15) is 24.3 Å². The number of rotatable bonds is 8. The van der Waals surface area contributed by atoms with Crippen LogP contribution in [0.2, 0.25) is 0 Å².